The van der Waals surface area contributed by atoms with Crippen molar-refractivity contribution in [1.82, 2.24) is 14.9 Å². The molecule has 2 N–H and O–H groups in total. The van der Waals surface area contributed by atoms with Crippen LogP contribution in [-0.4, -0.2) is 31.6 Å². The molecular weight excluding hydrogens is 372 g/mol. The van der Waals surface area contributed by atoms with Crippen LogP contribution < -0.4 is 10.0 Å². The molecule has 0 fully saturated rings. The fraction of sp³-hybridized carbons (Fsp3) is 0.353. The standard InChI is InChI=1S/C17H22N4O3S2/c1-3-4-5-6-16-20-21-17(25-16)19-15(22)12-9-13-7-10-14(11-8-13)26(23,24)18-2/h7-12,18H,3-6H2,1-2H3,(H,19,21,22)/b12-9+. The highest BCUT2D eigenvalue weighted by atomic mass is 32.2. The van der Waals surface area contributed by atoms with E-state index in [0.717, 1.165) is 30.7 Å². The van der Waals surface area contributed by atoms with Gasteiger partial charge in [0, 0.05) is 12.5 Å². The van der Waals surface area contributed by atoms with Gasteiger partial charge in [-0.3, -0.25) is 10.1 Å². The van der Waals surface area contributed by atoms with Crippen molar-refractivity contribution >= 4 is 38.5 Å². The molecule has 9 heteroatoms. The van der Waals surface area contributed by atoms with Crippen molar-refractivity contribution < 1.29 is 13.2 Å². The average Bonchev–Trinajstić information content (AvgIpc) is 3.08. The van der Waals surface area contributed by atoms with E-state index in [4.69, 9.17) is 0 Å². The van der Waals surface area contributed by atoms with Crippen LogP contribution >= 0.6 is 11.3 Å². The lowest BCUT2D eigenvalue weighted by atomic mass is 10.2. The first-order valence-corrected chi connectivity index (χ1v) is 10.6. The molecular formula is C17H22N4O3S2. The van der Waals surface area contributed by atoms with Gasteiger partial charge in [0.1, 0.15) is 5.01 Å². The number of anilines is 1. The van der Waals surface area contributed by atoms with Gasteiger partial charge < -0.3 is 0 Å². The first-order valence-electron chi connectivity index (χ1n) is 8.29. The Morgan fingerprint density at radius 1 is 1.19 bits per heavy atom. The molecule has 0 spiro atoms. The second-order valence-electron chi connectivity index (χ2n) is 5.56. The maximum absolute atomic E-state index is 12.0. The largest absolute Gasteiger partial charge is 0.297 e. The number of nitrogens with zero attached hydrogens (tertiary/aromatic N) is 2. The van der Waals surface area contributed by atoms with Crippen molar-refractivity contribution in [2.75, 3.05) is 12.4 Å². The Morgan fingerprint density at radius 3 is 2.58 bits per heavy atom. The number of rotatable bonds is 9. The molecule has 1 heterocycles. The van der Waals surface area contributed by atoms with Crippen molar-refractivity contribution in [3.63, 3.8) is 0 Å². The summed E-state index contributed by atoms with van der Waals surface area (Å²) in [6.07, 6.45) is 7.22. The van der Waals surface area contributed by atoms with Crippen molar-refractivity contribution in [3.05, 3.63) is 40.9 Å². The molecule has 0 radical (unpaired) electrons. The first-order chi connectivity index (χ1) is 12.4. The molecule has 0 unspecified atom stereocenters. The number of hydrogen-bond acceptors (Lipinski definition) is 6. The van der Waals surface area contributed by atoms with E-state index >= 15 is 0 Å². The van der Waals surface area contributed by atoms with E-state index in [1.807, 2.05) is 0 Å². The molecule has 1 aromatic carbocycles. The molecule has 0 atom stereocenters. The zero-order chi connectivity index (χ0) is 19.0. The molecule has 2 rings (SSSR count). The summed E-state index contributed by atoms with van der Waals surface area (Å²) in [5, 5.41) is 12.1. The summed E-state index contributed by atoms with van der Waals surface area (Å²) < 4.78 is 25.6. The fourth-order valence-corrected chi connectivity index (χ4v) is 3.64. The smallest absolute Gasteiger partial charge is 0.250 e. The molecule has 0 aliphatic heterocycles. The number of nitrogens with one attached hydrogen (secondary N) is 2. The molecule has 1 aromatic heterocycles. The Morgan fingerprint density at radius 2 is 1.92 bits per heavy atom. The number of aryl methyl sites for hydroxylation is 1. The SMILES string of the molecule is CCCCCc1nnc(NC(=O)/C=C/c2ccc(S(=O)(=O)NC)cc2)s1. The second-order valence-corrected chi connectivity index (χ2v) is 8.51. The summed E-state index contributed by atoms with van der Waals surface area (Å²) in [7, 11) is -2.10. The summed E-state index contributed by atoms with van der Waals surface area (Å²) >= 11 is 1.38. The van der Waals surface area contributed by atoms with Crippen LogP contribution in [0.2, 0.25) is 0 Å². The topological polar surface area (TPSA) is 101 Å². The van der Waals surface area contributed by atoms with E-state index in [9.17, 15) is 13.2 Å². The van der Waals surface area contributed by atoms with Crippen LogP contribution in [0.3, 0.4) is 0 Å². The van der Waals surface area contributed by atoms with Gasteiger partial charge in [-0.05, 0) is 37.2 Å². The number of unbranched alkanes of at least 4 members (excludes halogenated alkanes) is 2. The minimum absolute atomic E-state index is 0.172. The number of hydrogen-bond donors (Lipinski definition) is 2. The summed E-state index contributed by atoms with van der Waals surface area (Å²) in [6, 6.07) is 6.23. The Balaban J connectivity index is 1.91. The zero-order valence-electron chi connectivity index (χ0n) is 14.7. The third-order valence-electron chi connectivity index (χ3n) is 3.58. The molecule has 7 nitrogen and oxygen atoms in total. The normalized spacial score (nSPS) is 11.8. The summed E-state index contributed by atoms with van der Waals surface area (Å²) in [5.74, 6) is -0.312. The van der Waals surface area contributed by atoms with Crippen LogP contribution in [0.15, 0.2) is 35.2 Å². The second kappa shape index (κ2) is 9.56. The van der Waals surface area contributed by atoms with Crippen molar-refractivity contribution in [3.8, 4) is 0 Å². The third-order valence-corrected chi connectivity index (χ3v) is 5.91. The van der Waals surface area contributed by atoms with Gasteiger partial charge in [0.25, 0.3) is 0 Å². The Hall–Kier alpha value is -2.10. The van der Waals surface area contributed by atoms with Crippen molar-refractivity contribution in [2.45, 2.75) is 37.5 Å². The molecule has 2 aromatic rings. The molecule has 0 aliphatic rings. The van der Waals surface area contributed by atoms with E-state index in [2.05, 4.69) is 27.2 Å². The fourth-order valence-electron chi connectivity index (χ4n) is 2.13. The predicted octanol–water partition coefficient (Wildman–Crippen LogP) is 2.83. The summed E-state index contributed by atoms with van der Waals surface area (Å²) in [6.45, 7) is 2.14. The van der Waals surface area contributed by atoms with Crippen LogP contribution in [0, 0.1) is 0 Å². The number of carbonyl (C=O) groups excluding carboxylic acids is 1. The molecule has 0 bridgehead atoms. The number of amides is 1. The molecule has 0 aliphatic carbocycles. The van der Waals surface area contributed by atoms with Gasteiger partial charge in [0.15, 0.2) is 0 Å². The van der Waals surface area contributed by atoms with Crippen molar-refractivity contribution in [2.24, 2.45) is 0 Å². The molecule has 140 valence electrons. The van der Waals surface area contributed by atoms with Gasteiger partial charge in [-0.2, -0.15) is 0 Å². The Labute approximate surface area is 157 Å². The van der Waals surface area contributed by atoms with Crippen LogP contribution in [0.25, 0.3) is 6.08 Å². The zero-order valence-corrected chi connectivity index (χ0v) is 16.4. The quantitative estimate of drug-likeness (QED) is 0.503. The highest BCUT2D eigenvalue weighted by molar-refractivity contribution is 7.89. The van der Waals surface area contributed by atoms with Gasteiger partial charge in [0.05, 0.1) is 4.90 Å². The maximum atomic E-state index is 12.0. The molecule has 1 amide bonds. The van der Waals surface area contributed by atoms with E-state index in [1.165, 1.54) is 36.6 Å². The third kappa shape index (κ3) is 6.01. The number of sulfonamides is 1. The van der Waals surface area contributed by atoms with Gasteiger partial charge in [-0.25, -0.2) is 13.1 Å². The number of aromatic nitrogens is 2. The number of benzene rings is 1. The lowest BCUT2D eigenvalue weighted by Gasteiger charge is -2.02. The van der Waals surface area contributed by atoms with E-state index in [1.54, 1.807) is 18.2 Å². The van der Waals surface area contributed by atoms with Gasteiger partial charge in [-0.1, -0.05) is 43.2 Å². The van der Waals surface area contributed by atoms with Crippen molar-refractivity contribution in [1.29, 1.82) is 0 Å². The average molecular weight is 395 g/mol. The summed E-state index contributed by atoms with van der Waals surface area (Å²) in [5.41, 5.74) is 0.715. The molecule has 26 heavy (non-hydrogen) atoms. The maximum Gasteiger partial charge on any atom is 0.250 e. The molecule has 0 saturated carbocycles. The van der Waals surface area contributed by atoms with E-state index < -0.39 is 10.0 Å². The monoisotopic (exact) mass is 394 g/mol. The van der Waals surface area contributed by atoms with Gasteiger partial charge >= 0.3 is 0 Å². The van der Waals surface area contributed by atoms with Crippen LogP contribution in [0.4, 0.5) is 5.13 Å². The first kappa shape index (κ1) is 20.2. The lowest BCUT2D eigenvalue weighted by Crippen LogP contribution is -2.18. The minimum atomic E-state index is -3.46. The van der Waals surface area contributed by atoms with Crippen LogP contribution in [-0.2, 0) is 21.2 Å². The highest BCUT2D eigenvalue weighted by Crippen LogP contribution is 2.17. The van der Waals surface area contributed by atoms with E-state index in [-0.39, 0.29) is 10.8 Å². The van der Waals surface area contributed by atoms with E-state index in [0.29, 0.717) is 10.7 Å². The summed E-state index contributed by atoms with van der Waals surface area (Å²) in [4.78, 5) is 12.1. The molecule has 0 saturated heterocycles. The van der Waals surface area contributed by atoms with Gasteiger partial charge in [0.2, 0.25) is 21.1 Å². The Kier molecular flexibility index (Phi) is 7.43. The highest BCUT2D eigenvalue weighted by Gasteiger charge is 2.10. The number of carbonyl (C=O) groups is 1. The minimum Gasteiger partial charge on any atom is -0.297 e. The van der Waals surface area contributed by atoms with Gasteiger partial charge in [-0.15, -0.1) is 10.2 Å². The van der Waals surface area contributed by atoms with Crippen LogP contribution in [0.1, 0.15) is 36.8 Å². The lowest BCUT2D eigenvalue weighted by molar-refractivity contribution is -0.111. The Bertz CT molecular complexity index is 858. The predicted molar refractivity (Wildman–Crippen MR) is 103 cm³/mol. The van der Waals surface area contributed by atoms with Crippen LogP contribution in [0.5, 0.6) is 0 Å².